The third kappa shape index (κ3) is 3.61. The Morgan fingerprint density at radius 3 is 2.91 bits per heavy atom. The molecule has 0 spiro atoms. The second-order valence-corrected chi connectivity index (χ2v) is 6.57. The van der Waals surface area contributed by atoms with Crippen LogP contribution >= 0.6 is 0 Å². The van der Waals surface area contributed by atoms with Crippen molar-refractivity contribution in [2.45, 2.75) is 50.7 Å². The standard InChI is InChI=1S/C17H23N5O/c1-3-4-7-17(19-20-17)8-5-16(23)21-10-6-14(2)15(12-21)22-11-9-18-13-22/h1,9,11,13-15H,4-8,10,12H2,2H3. The van der Waals surface area contributed by atoms with E-state index in [-0.39, 0.29) is 11.6 Å². The van der Waals surface area contributed by atoms with Gasteiger partial charge in [-0.2, -0.15) is 10.2 Å². The van der Waals surface area contributed by atoms with Gasteiger partial charge >= 0.3 is 0 Å². The van der Waals surface area contributed by atoms with Crippen molar-refractivity contribution in [1.29, 1.82) is 0 Å². The smallest absolute Gasteiger partial charge is 0.222 e. The molecule has 1 aromatic heterocycles. The van der Waals surface area contributed by atoms with Gasteiger partial charge in [0.2, 0.25) is 5.91 Å². The molecular formula is C17H23N5O. The predicted molar refractivity (Wildman–Crippen MR) is 86.5 cm³/mol. The van der Waals surface area contributed by atoms with Crippen LogP contribution in [-0.2, 0) is 4.79 Å². The Labute approximate surface area is 137 Å². The highest BCUT2D eigenvalue weighted by molar-refractivity contribution is 5.76. The first-order valence-electron chi connectivity index (χ1n) is 8.26. The first-order chi connectivity index (χ1) is 11.1. The number of rotatable bonds is 6. The largest absolute Gasteiger partial charge is 0.341 e. The summed E-state index contributed by atoms with van der Waals surface area (Å²) in [6, 6.07) is 0.306. The molecule has 3 heterocycles. The van der Waals surface area contributed by atoms with Crippen molar-refractivity contribution in [3.8, 4) is 12.3 Å². The summed E-state index contributed by atoms with van der Waals surface area (Å²) < 4.78 is 2.12. The summed E-state index contributed by atoms with van der Waals surface area (Å²) in [5.41, 5.74) is -0.366. The van der Waals surface area contributed by atoms with Gasteiger partial charge in [-0.25, -0.2) is 4.98 Å². The third-order valence-electron chi connectivity index (χ3n) is 4.97. The maximum Gasteiger partial charge on any atom is 0.222 e. The second-order valence-electron chi connectivity index (χ2n) is 6.57. The molecule has 6 heteroatoms. The Balaban J connectivity index is 1.53. The maximum atomic E-state index is 12.5. The molecule has 0 N–H and O–H groups in total. The summed E-state index contributed by atoms with van der Waals surface area (Å²) in [4.78, 5) is 18.6. The Morgan fingerprint density at radius 1 is 1.43 bits per heavy atom. The van der Waals surface area contributed by atoms with E-state index in [4.69, 9.17) is 6.42 Å². The van der Waals surface area contributed by atoms with Crippen LogP contribution in [0.25, 0.3) is 0 Å². The zero-order valence-corrected chi connectivity index (χ0v) is 13.6. The topological polar surface area (TPSA) is 62.9 Å². The van der Waals surface area contributed by atoms with E-state index in [1.807, 2.05) is 17.4 Å². The lowest BCUT2D eigenvalue weighted by molar-refractivity contribution is -0.133. The molecule has 0 radical (unpaired) electrons. The average Bonchev–Trinajstić information content (AvgIpc) is 3.12. The van der Waals surface area contributed by atoms with Gasteiger partial charge in [0.1, 0.15) is 0 Å². The van der Waals surface area contributed by atoms with Crippen LogP contribution in [0.5, 0.6) is 0 Å². The first kappa shape index (κ1) is 15.7. The normalized spacial score (nSPS) is 25.1. The molecule has 1 saturated heterocycles. The molecule has 1 aromatic rings. The van der Waals surface area contributed by atoms with Gasteiger partial charge in [0.25, 0.3) is 0 Å². The van der Waals surface area contributed by atoms with Gasteiger partial charge in [0.15, 0.2) is 5.66 Å². The Bertz CT molecular complexity index is 609. The van der Waals surface area contributed by atoms with E-state index in [0.29, 0.717) is 31.2 Å². The van der Waals surface area contributed by atoms with Crippen LogP contribution in [0.4, 0.5) is 0 Å². The van der Waals surface area contributed by atoms with Crippen LogP contribution in [0.15, 0.2) is 28.9 Å². The second kappa shape index (κ2) is 6.53. The molecule has 2 aliphatic heterocycles. The molecule has 0 aromatic carbocycles. The number of piperidine rings is 1. The number of hydrogen-bond acceptors (Lipinski definition) is 4. The number of nitrogens with zero attached hydrogens (tertiary/aromatic N) is 5. The molecule has 23 heavy (non-hydrogen) atoms. The van der Waals surface area contributed by atoms with Gasteiger partial charge in [0.05, 0.1) is 12.4 Å². The van der Waals surface area contributed by atoms with Crippen LogP contribution in [0.3, 0.4) is 0 Å². The zero-order chi connectivity index (χ0) is 16.3. The lowest BCUT2D eigenvalue weighted by Crippen LogP contribution is -2.44. The quantitative estimate of drug-likeness (QED) is 0.758. The Hall–Kier alpha value is -2.16. The summed E-state index contributed by atoms with van der Waals surface area (Å²) in [5, 5.41) is 8.20. The minimum absolute atomic E-state index is 0.194. The molecule has 2 atom stereocenters. The summed E-state index contributed by atoms with van der Waals surface area (Å²) in [6.45, 7) is 3.82. The number of carbonyl (C=O) groups is 1. The van der Waals surface area contributed by atoms with Crippen molar-refractivity contribution in [2.24, 2.45) is 16.1 Å². The van der Waals surface area contributed by atoms with Gasteiger partial charge in [-0.1, -0.05) is 6.92 Å². The summed E-state index contributed by atoms with van der Waals surface area (Å²) in [5.74, 6) is 3.36. The first-order valence-corrected chi connectivity index (χ1v) is 8.26. The van der Waals surface area contributed by atoms with E-state index in [1.165, 1.54) is 0 Å². The highest BCUT2D eigenvalue weighted by Crippen LogP contribution is 2.38. The number of terminal acetylenes is 1. The van der Waals surface area contributed by atoms with Crippen LogP contribution in [0.2, 0.25) is 0 Å². The number of aromatic nitrogens is 2. The van der Waals surface area contributed by atoms with E-state index in [9.17, 15) is 4.79 Å². The Kier molecular flexibility index (Phi) is 4.46. The number of hydrogen-bond donors (Lipinski definition) is 0. The van der Waals surface area contributed by atoms with Crippen molar-refractivity contribution in [1.82, 2.24) is 14.5 Å². The van der Waals surface area contributed by atoms with E-state index < -0.39 is 0 Å². The highest BCUT2D eigenvalue weighted by atomic mass is 16.2. The molecule has 0 bridgehead atoms. The lowest BCUT2D eigenvalue weighted by atomic mass is 9.92. The molecule has 6 nitrogen and oxygen atoms in total. The molecule has 122 valence electrons. The average molecular weight is 313 g/mol. The number of amides is 1. The van der Waals surface area contributed by atoms with Crippen LogP contribution in [0.1, 0.15) is 45.1 Å². The van der Waals surface area contributed by atoms with Gasteiger partial charge in [-0.05, 0) is 12.3 Å². The summed E-state index contributed by atoms with van der Waals surface area (Å²) in [7, 11) is 0. The van der Waals surface area contributed by atoms with E-state index in [0.717, 1.165) is 25.9 Å². The fraction of sp³-hybridized carbons (Fsp3) is 0.647. The van der Waals surface area contributed by atoms with Crippen LogP contribution in [-0.4, -0.2) is 39.1 Å². The Morgan fingerprint density at radius 2 is 2.26 bits per heavy atom. The lowest BCUT2D eigenvalue weighted by Gasteiger charge is -2.37. The molecular weight excluding hydrogens is 290 g/mol. The van der Waals surface area contributed by atoms with Crippen molar-refractivity contribution in [3.63, 3.8) is 0 Å². The molecule has 0 aliphatic carbocycles. The maximum absolute atomic E-state index is 12.5. The number of likely N-dealkylation sites (tertiary alicyclic amines) is 1. The van der Waals surface area contributed by atoms with Crippen molar-refractivity contribution in [3.05, 3.63) is 18.7 Å². The summed E-state index contributed by atoms with van der Waals surface area (Å²) in [6.07, 6.45) is 14.5. The summed E-state index contributed by atoms with van der Waals surface area (Å²) >= 11 is 0. The monoisotopic (exact) mass is 313 g/mol. The van der Waals surface area contributed by atoms with Crippen molar-refractivity contribution < 1.29 is 4.79 Å². The third-order valence-corrected chi connectivity index (χ3v) is 4.97. The fourth-order valence-electron chi connectivity index (χ4n) is 3.26. The van der Waals surface area contributed by atoms with Crippen LogP contribution in [0, 0.1) is 18.3 Å². The van der Waals surface area contributed by atoms with Gasteiger partial charge in [-0.15, -0.1) is 12.3 Å². The van der Waals surface area contributed by atoms with Crippen molar-refractivity contribution >= 4 is 5.91 Å². The fourth-order valence-corrected chi connectivity index (χ4v) is 3.26. The van der Waals surface area contributed by atoms with E-state index in [2.05, 4.69) is 32.6 Å². The predicted octanol–water partition coefficient (Wildman–Crippen LogP) is 2.65. The zero-order valence-electron chi connectivity index (χ0n) is 13.6. The van der Waals surface area contributed by atoms with Gasteiger partial charge in [-0.3, -0.25) is 4.79 Å². The number of carbonyl (C=O) groups excluding carboxylic acids is 1. The van der Waals surface area contributed by atoms with E-state index in [1.54, 1.807) is 6.20 Å². The molecule has 3 rings (SSSR count). The minimum atomic E-state index is -0.366. The highest BCUT2D eigenvalue weighted by Gasteiger charge is 2.40. The molecule has 1 fully saturated rings. The molecule has 0 saturated carbocycles. The van der Waals surface area contributed by atoms with Gasteiger partial charge < -0.3 is 9.47 Å². The number of imidazole rings is 1. The minimum Gasteiger partial charge on any atom is -0.341 e. The van der Waals surface area contributed by atoms with Crippen LogP contribution < -0.4 is 0 Å². The molecule has 2 aliphatic rings. The van der Waals surface area contributed by atoms with E-state index >= 15 is 0 Å². The molecule has 1 amide bonds. The van der Waals surface area contributed by atoms with Gasteiger partial charge in [0, 0.05) is 51.2 Å². The molecule has 2 unspecified atom stereocenters. The van der Waals surface area contributed by atoms with Crippen molar-refractivity contribution in [2.75, 3.05) is 13.1 Å². The SMILES string of the molecule is C#CCCC1(CCC(=O)N2CCC(C)C(n3ccnc3)C2)N=N1.